The summed E-state index contributed by atoms with van der Waals surface area (Å²) in [5.41, 5.74) is -0.453. The fourth-order valence-corrected chi connectivity index (χ4v) is 1.74. The van der Waals surface area contributed by atoms with Crippen LogP contribution in [0.25, 0.3) is 0 Å². The summed E-state index contributed by atoms with van der Waals surface area (Å²) in [5.74, 6) is 0.379. The van der Waals surface area contributed by atoms with Gasteiger partial charge >= 0.3 is 6.09 Å². The molecule has 1 fully saturated rings. The number of nitrogens with one attached hydrogen (secondary N) is 2. The van der Waals surface area contributed by atoms with Gasteiger partial charge < -0.3 is 20.5 Å². The van der Waals surface area contributed by atoms with Crippen molar-refractivity contribution in [1.82, 2.24) is 10.6 Å². The highest BCUT2D eigenvalue weighted by molar-refractivity contribution is 5.67. The normalized spacial score (nSPS) is 25.5. The fraction of sp³-hybridized carbons (Fsp3) is 0.909. The minimum Gasteiger partial charge on any atom is -0.444 e. The highest BCUT2D eigenvalue weighted by Crippen LogP contribution is 2.13. The summed E-state index contributed by atoms with van der Waals surface area (Å²) in [5, 5.41) is 14.9. The first-order valence-corrected chi connectivity index (χ1v) is 5.72. The Bertz CT molecular complexity index is 238. The summed E-state index contributed by atoms with van der Waals surface area (Å²) < 4.78 is 5.13. The van der Waals surface area contributed by atoms with E-state index in [0.29, 0.717) is 12.5 Å². The van der Waals surface area contributed by atoms with Crippen molar-refractivity contribution in [3.8, 4) is 0 Å². The molecule has 0 aromatic heterocycles. The average molecular weight is 230 g/mol. The Balaban J connectivity index is 2.18. The van der Waals surface area contributed by atoms with Crippen LogP contribution in [-0.2, 0) is 4.74 Å². The van der Waals surface area contributed by atoms with E-state index >= 15 is 0 Å². The van der Waals surface area contributed by atoms with Gasteiger partial charge in [-0.05, 0) is 33.1 Å². The molecule has 0 saturated carbocycles. The standard InChI is InChI=1S/C11H22N2O3/c1-11(2,3)16-10(15)13-6-8-4-9(7-14)12-5-8/h8-9,12,14H,4-7H2,1-3H3,(H,13,15)/t8?,9-/m0/s1. The highest BCUT2D eigenvalue weighted by atomic mass is 16.6. The molecule has 1 aliphatic heterocycles. The van der Waals surface area contributed by atoms with E-state index in [0.717, 1.165) is 13.0 Å². The number of alkyl carbamates (subject to hydrolysis) is 1. The van der Waals surface area contributed by atoms with Crippen molar-refractivity contribution in [3.63, 3.8) is 0 Å². The maximum atomic E-state index is 11.4. The minimum absolute atomic E-state index is 0.156. The third-order valence-corrected chi connectivity index (χ3v) is 2.47. The number of hydrogen-bond donors (Lipinski definition) is 3. The van der Waals surface area contributed by atoms with Crippen LogP contribution >= 0.6 is 0 Å². The number of rotatable bonds is 3. The van der Waals surface area contributed by atoms with Gasteiger partial charge in [-0.3, -0.25) is 0 Å². The third kappa shape index (κ3) is 4.81. The lowest BCUT2D eigenvalue weighted by molar-refractivity contribution is 0.0520. The summed E-state index contributed by atoms with van der Waals surface area (Å²) in [6.07, 6.45) is 0.520. The summed E-state index contributed by atoms with van der Waals surface area (Å²) in [7, 11) is 0. The molecule has 1 saturated heterocycles. The Hall–Kier alpha value is -0.810. The molecule has 2 atom stereocenters. The zero-order valence-corrected chi connectivity index (χ0v) is 10.2. The molecule has 1 unspecified atom stereocenters. The van der Waals surface area contributed by atoms with Gasteiger partial charge in [0.25, 0.3) is 0 Å². The van der Waals surface area contributed by atoms with Gasteiger partial charge in [-0.2, -0.15) is 0 Å². The van der Waals surface area contributed by atoms with E-state index in [4.69, 9.17) is 9.84 Å². The number of aliphatic hydroxyl groups excluding tert-OH is 1. The largest absolute Gasteiger partial charge is 0.444 e. The van der Waals surface area contributed by atoms with Crippen LogP contribution in [0.3, 0.4) is 0 Å². The van der Waals surface area contributed by atoms with E-state index in [1.807, 2.05) is 20.8 Å². The van der Waals surface area contributed by atoms with Crippen molar-refractivity contribution in [2.45, 2.75) is 38.8 Å². The predicted octanol–water partition coefficient (Wildman–Crippen LogP) is 0.481. The second kappa shape index (κ2) is 5.50. The molecule has 5 nitrogen and oxygen atoms in total. The average Bonchev–Trinajstić information content (AvgIpc) is 2.59. The lowest BCUT2D eigenvalue weighted by Gasteiger charge is -2.20. The van der Waals surface area contributed by atoms with Gasteiger partial charge in [0.1, 0.15) is 5.60 Å². The topological polar surface area (TPSA) is 70.6 Å². The van der Waals surface area contributed by atoms with Gasteiger partial charge in [-0.1, -0.05) is 0 Å². The van der Waals surface area contributed by atoms with Gasteiger partial charge in [0, 0.05) is 19.1 Å². The Kier molecular flexibility index (Phi) is 4.56. The van der Waals surface area contributed by atoms with Gasteiger partial charge in [-0.15, -0.1) is 0 Å². The van der Waals surface area contributed by atoms with E-state index in [-0.39, 0.29) is 18.7 Å². The van der Waals surface area contributed by atoms with E-state index < -0.39 is 5.60 Å². The molecular weight excluding hydrogens is 208 g/mol. The van der Waals surface area contributed by atoms with Crippen molar-refractivity contribution in [2.75, 3.05) is 19.7 Å². The van der Waals surface area contributed by atoms with Gasteiger partial charge in [0.2, 0.25) is 0 Å². The first-order chi connectivity index (χ1) is 7.40. The van der Waals surface area contributed by atoms with E-state index in [9.17, 15) is 4.79 Å². The molecule has 5 heteroatoms. The first-order valence-electron chi connectivity index (χ1n) is 5.72. The number of aliphatic hydroxyl groups is 1. The van der Waals surface area contributed by atoms with Crippen LogP contribution in [-0.4, -0.2) is 42.5 Å². The Morgan fingerprint density at radius 1 is 1.56 bits per heavy atom. The SMILES string of the molecule is CC(C)(C)OC(=O)NCC1CN[C@H](CO)C1. The number of amides is 1. The molecule has 3 N–H and O–H groups in total. The zero-order chi connectivity index (χ0) is 12.2. The van der Waals surface area contributed by atoms with Gasteiger partial charge in [0.05, 0.1) is 6.61 Å². The molecule has 0 aromatic carbocycles. The van der Waals surface area contributed by atoms with Crippen LogP contribution < -0.4 is 10.6 Å². The van der Waals surface area contributed by atoms with E-state index in [1.54, 1.807) is 0 Å². The lowest BCUT2D eigenvalue weighted by atomic mass is 10.1. The molecule has 1 amide bonds. The Morgan fingerprint density at radius 2 is 2.25 bits per heavy atom. The van der Waals surface area contributed by atoms with Gasteiger partial charge in [-0.25, -0.2) is 4.79 Å². The number of carbonyl (C=O) groups is 1. The quantitative estimate of drug-likeness (QED) is 0.659. The van der Waals surface area contributed by atoms with Crippen molar-refractivity contribution in [1.29, 1.82) is 0 Å². The Labute approximate surface area is 96.6 Å². The second-order valence-electron chi connectivity index (χ2n) is 5.27. The molecule has 0 bridgehead atoms. The number of hydrogen-bond acceptors (Lipinski definition) is 4. The van der Waals surface area contributed by atoms with Crippen LogP contribution in [0.15, 0.2) is 0 Å². The van der Waals surface area contributed by atoms with Crippen molar-refractivity contribution in [3.05, 3.63) is 0 Å². The van der Waals surface area contributed by atoms with Crippen LogP contribution in [0.2, 0.25) is 0 Å². The third-order valence-electron chi connectivity index (χ3n) is 2.47. The highest BCUT2D eigenvalue weighted by Gasteiger charge is 2.24. The lowest BCUT2D eigenvalue weighted by Crippen LogP contribution is -2.35. The monoisotopic (exact) mass is 230 g/mol. The smallest absolute Gasteiger partial charge is 0.407 e. The molecule has 1 heterocycles. The maximum Gasteiger partial charge on any atom is 0.407 e. The summed E-state index contributed by atoms with van der Waals surface area (Å²) in [6.45, 7) is 7.10. The van der Waals surface area contributed by atoms with Crippen LogP contribution in [0.1, 0.15) is 27.2 Å². The van der Waals surface area contributed by atoms with Crippen LogP contribution in [0.4, 0.5) is 4.79 Å². The fourth-order valence-electron chi connectivity index (χ4n) is 1.74. The minimum atomic E-state index is -0.453. The van der Waals surface area contributed by atoms with Crippen LogP contribution in [0, 0.1) is 5.92 Å². The molecule has 1 aliphatic rings. The molecule has 0 radical (unpaired) electrons. The molecule has 16 heavy (non-hydrogen) atoms. The maximum absolute atomic E-state index is 11.4. The Morgan fingerprint density at radius 3 is 2.75 bits per heavy atom. The molecule has 1 rings (SSSR count). The summed E-state index contributed by atoms with van der Waals surface area (Å²) in [4.78, 5) is 11.4. The zero-order valence-electron chi connectivity index (χ0n) is 10.2. The van der Waals surface area contributed by atoms with Crippen LogP contribution in [0.5, 0.6) is 0 Å². The second-order valence-corrected chi connectivity index (χ2v) is 5.27. The first kappa shape index (κ1) is 13.3. The molecular formula is C11H22N2O3. The number of ether oxygens (including phenoxy) is 1. The molecule has 0 spiro atoms. The summed E-state index contributed by atoms with van der Waals surface area (Å²) in [6, 6.07) is 0.172. The van der Waals surface area contributed by atoms with Crippen molar-refractivity contribution >= 4 is 6.09 Å². The van der Waals surface area contributed by atoms with E-state index in [2.05, 4.69) is 10.6 Å². The van der Waals surface area contributed by atoms with E-state index in [1.165, 1.54) is 0 Å². The predicted molar refractivity (Wildman–Crippen MR) is 61.2 cm³/mol. The molecule has 94 valence electrons. The van der Waals surface area contributed by atoms with Crippen molar-refractivity contribution in [2.24, 2.45) is 5.92 Å². The molecule has 0 aromatic rings. The molecule has 0 aliphatic carbocycles. The van der Waals surface area contributed by atoms with Crippen molar-refractivity contribution < 1.29 is 14.6 Å². The van der Waals surface area contributed by atoms with Gasteiger partial charge in [0.15, 0.2) is 0 Å². The number of carbonyl (C=O) groups excluding carboxylic acids is 1. The summed E-state index contributed by atoms with van der Waals surface area (Å²) >= 11 is 0.